The average molecular weight is 514 g/mol. The van der Waals surface area contributed by atoms with Crippen LogP contribution in [0.4, 0.5) is 0 Å². The molecule has 2 aliphatic heterocycles. The van der Waals surface area contributed by atoms with E-state index in [0.717, 1.165) is 18.7 Å². The smallest absolute Gasteiger partial charge is 0.252 e. The number of primary amides is 1. The summed E-state index contributed by atoms with van der Waals surface area (Å²) in [4.78, 5) is 27.9. The van der Waals surface area contributed by atoms with E-state index in [9.17, 15) is 24.9 Å². The summed E-state index contributed by atoms with van der Waals surface area (Å²) in [5, 5.41) is 34.5. The van der Waals surface area contributed by atoms with Crippen LogP contribution >= 0.6 is 0 Å². The zero-order valence-corrected chi connectivity index (χ0v) is 20.3. The van der Waals surface area contributed by atoms with E-state index in [1.54, 1.807) is 12.1 Å². The average Bonchev–Trinajstić information content (AvgIpc) is 3.36. The normalized spacial score (nSPS) is 25.6. The van der Waals surface area contributed by atoms with Gasteiger partial charge in [0.15, 0.2) is 11.5 Å². The van der Waals surface area contributed by atoms with Crippen molar-refractivity contribution in [2.75, 3.05) is 33.1 Å². The quantitative estimate of drug-likeness (QED) is 0.369. The van der Waals surface area contributed by atoms with Crippen LogP contribution in [0, 0.1) is 0 Å². The predicted octanol–water partition coefficient (Wildman–Crippen LogP) is 0.450. The van der Waals surface area contributed by atoms with E-state index in [1.165, 1.54) is 0 Å². The largest absolute Gasteiger partial charge is 0.504 e. The summed E-state index contributed by atoms with van der Waals surface area (Å²) in [6.45, 7) is 3.58. The van der Waals surface area contributed by atoms with Gasteiger partial charge in [0.05, 0.1) is 31.0 Å². The number of aliphatic hydroxyl groups excluding tert-OH is 2. The van der Waals surface area contributed by atoms with Crippen molar-refractivity contribution in [3.05, 3.63) is 52.6 Å². The lowest BCUT2D eigenvalue weighted by Crippen LogP contribution is -2.49. The van der Waals surface area contributed by atoms with Gasteiger partial charge in [0, 0.05) is 37.2 Å². The maximum atomic E-state index is 13.3. The monoisotopic (exact) mass is 513 g/mol. The molecular formula is C26H31N3O8. The number of aliphatic hydroxyl groups is 2. The molecule has 0 radical (unpaired) electrons. The second kappa shape index (κ2) is 10.5. The van der Waals surface area contributed by atoms with E-state index in [-0.39, 0.29) is 42.6 Å². The van der Waals surface area contributed by atoms with Crippen LogP contribution in [0.3, 0.4) is 0 Å². The molecule has 2 fully saturated rings. The van der Waals surface area contributed by atoms with E-state index in [0.29, 0.717) is 30.9 Å². The third-order valence-electron chi connectivity index (χ3n) is 7.25. The Morgan fingerprint density at radius 1 is 1.08 bits per heavy atom. The molecular weight excluding hydrogens is 482 g/mol. The molecule has 0 aromatic heterocycles. The summed E-state index contributed by atoms with van der Waals surface area (Å²) in [6.07, 6.45) is -2.10. The SMILES string of the molecule is NC(=O)c1c(C2C[C@H](O)[C@H](O)CC2NC(=O)c2cccc(CN3CCOCC3)c2)cc2c(c1O)OCO2. The number of nitrogens with two attached hydrogens (primary N) is 1. The summed E-state index contributed by atoms with van der Waals surface area (Å²) in [5.41, 5.74) is 7.19. The van der Waals surface area contributed by atoms with Gasteiger partial charge < -0.3 is 40.6 Å². The van der Waals surface area contributed by atoms with Gasteiger partial charge in [0.1, 0.15) is 0 Å². The maximum absolute atomic E-state index is 13.3. The van der Waals surface area contributed by atoms with Gasteiger partial charge in [-0.15, -0.1) is 0 Å². The van der Waals surface area contributed by atoms with Crippen molar-refractivity contribution in [2.45, 2.75) is 43.6 Å². The highest BCUT2D eigenvalue weighted by Gasteiger charge is 2.40. The Bertz CT molecular complexity index is 1180. The lowest BCUT2D eigenvalue weighted by atomic mass is 9.75. The standard InChI is InChI=1S/C26H31N3O8/c27-25(33)22-17(10-21-24(23(22)32)37-13-36-21)16-9-19(30)20(31)11-18(16)28-26(34)15-3-1-2-14(8-15)12-29-4-6-35-7-5-29/h1-3,8,10,16,18-20,30-32H,4-7,9,11-13H2,(H2,27,33)(H,28,34)/t16?,18?,19-,20+/m0/s1. The molecule has 5 rings (SSSR count). The molecule has 6 N–H and O–H groups in total. The number of carbonyl (C=O) groups excluding carboxylic acids is 2. The van der Waals surface area contributed by atoms with Gasteiger partial charge in [-0.05, 0) is 42.2 Å². The van der Waals surface area contributed by atoms with E-state index in [1.807, 2.05) is 18.2 Å². The highest BCUT2D eigenvalue weighted by atomic mass is 16.7. The summed E-state index contributed by atoms with van der Waals surface area (Å²) >= 11 is 0. The number of hydrogen-bond donors (Lipinski definition) is 5. The molecule has 0 bridgehead atoms. The fourth-order valence-electron chi connectivity index (χ4n) is 5.34. The number of hydrogen-bond acceptors (Lipinski definition) is 9. The van der Waals surface area contributed by atoms with Crippen molar-refractivity contribution in [3.63, 3.8) is 0 Å². The topological polar surface area (TPSA) is 164 Å². The molecule has 1 aliphatic carbocycles. The first-order valence-corrected chi connectivity index (χ1v) is 12.3. The molecule has 2 aromatic rings. The number of fused-ring (bicyclic) bond motifs is 1. The molecule has 198 valence electrons. The molecule has 2 unspecified atom stereocenters. The number of aromatic hydroxyl groups is 1. The molecule has 11 nitrogen and oxygen atoms in total. The van der Waals surface area contributed by atoms with Crippen molar-refractivity contribution in [2.24, 2.45) is 5.73 Å². The molecule has 11 heteroatoms. The number of rotatable bonds is 6. The minimum Gasteiger partial charge on any atom is -0.504 e. The fourth-order valence-corrected chi connectivity index (χ4v) is 5.34. The molecule has 2 heterocycles. The van der Waals surface area contributed by atoms with Gasteiger partial charge in [-0.1, -0.05) is 12.1 Å². The van der Waals surface area contributed by atoms with E-state index in [4.69, 9.17) is 19.9 Å². The number of nitrogens with one attached hydrogen (secondary N) is 1. The summed E-state index contributed by atoms with van der Waals surface area (Å²) in [5.74, 6) is -2.06. The van der Waals surface area contributed by atoms with Crippen molar-refractivity contribution >= 4 is 11.8 Å². The van der Waals surface area contributed by atoms with Crippen molar-refractivity contribution in [3.8, 4) is 17.2 Å². The fraction of sp³-hybridized carbons (Fsp3) is 0.462. The highest BCUT2D eigenvalue weighted by Crippen LogP contribution is 2.48. The van der Waals surface area contributed by atoms with E-state index >= 15 is 0 Å². The van der Waals surface area contributed by atoms with Crippen LogP contribution in [-0.4, -0.2) is 83.4 Å². The Morgan fingerprint density at radius 2 is 1.84 bits per heavy atom. The van der Waals surface area contributed by atoms with Gasteiger partial charge in [0.25, 0.3) is 11.8 Å². The van der Waals surface area contributed by atoms with Crippen LogP contribution in [0.15, 0.2) is 30.3 Å². The van der Waals surface area contributed by atoms with Crippen LogP contribution in [0.1, 0.15) is 50.6 Å². The highest BCUT2D eigenvalue weighted by molar-refractivity contribution is 5.99. The Labute approximate surface area is 213 Å². The minimum atomic E-state index is -1.09. The van der Waals surface area contributed by atoms with Gasteiger partial charge >= 0.3 is 0 Å². The van der Waals surface area contributed by atoms with Gasteiger partial charge in [0.2, 0.25) is 12.5 Å². The van der Waals surface area contributed by atoms with Gasteiger partial charge in [-0.2, -0.15) is 0 Å². The zero-order valence-electron chi connectivity index (χ0n) is 20.3. The molecule has 0 spiro atoms. The van der Waals surface area contributed by atoms with Crippen LogP contribution in [0.5, 0.6) is 17.2 Å². The number of morpholine rings is 1. The first kappa shape index (κ1) is 25.3. The zero-order chi connectivity index (χ0) is 26.1. The number of amides is 2. The Morgan fingerprint density at radius 3 is 2.59 bits per heavy atom. The van der Waals surface area contributed by atoms with Crippen LogP contribution in [0.2, 0.25) is 0 Å². The van der Waals surface area contributed by atoms with Gasteiger partial charge in [-0.3, -0.25) is 14.5 Å². The van der Waals surface area contributed by atoms with E-state index in [2.05, 4.69) is 10.2 Å². The molecule has 4 atom stereocenters. The first-order valence-electron chi connectivity index (χ1n) is 12.3. The molecule has 1 saturated heterocycles. The Hall–Kier alpha value is -3.38. The molecule has 2 amide bonds. The lowest BCUT2D eigenvalue weighted by molar-refractivity contribution is -0.0248. The minimum absolute atomic E-state index is 0.0200. The van der Waals surface area contributed by atoms with Crippen molar-refractivity contribution < 1.29 is 39.1 Å². The molecule has 1 saturated carbocycles. The van der Waals surface area contributed by atoms with Crippen molar-refractivity contribution in [1.82, 2.24) is 10.2 Å². The summed E-state index contributed by atoms with van der Waals surface area (Å²) < 4.78 is 16.1. The summed E-state index contributed by atoms with van der Waals surface area (Å²) in [7, 11) is 0. The number of phenols is 1. The third-order valence-corrected chi connectivity index (χ3v) is 7.25. The molecule has 3 aliphatic rings. The first-order chi connectivity index (χ1) is 17.8. The summed E-state index contributed by atoms with van der Waals surface area (Å²) in [6, 6.07) is 8.20. The maximum Gasteiger partial charge on any atom is 0.252 e. The Balaban J connectivity index is 1.41. The number of nitrogens with zero attached hydrogens (tertiary/aromatic N) is 1. The van der Waals surface area contributed by atoms with E-state index < -0.39 is 35.8 Å². The number of ether oxygens (including phenoxy) is 3. The second-order valence-corrected chi connectivity index (χ2v) is 9.67. The van der Waals surface area contributed by atoms with Crippen LogP contribution in [0.25, 0.3) is 0 Å². The third kappa shape index (κ3) is 5.21. The Kier molecular flexibility index (Phi) is 7.20. The molecule has 2 aromatic carbocycles. The number of benzene rings is 2. The van der Waals surface area contributed by atoms with Crippen LogP contribution < -0.4 is 20.5 Å². The van der Waals surface area contributed by atoms with Gasteiger partial charge in [-0.25, -0.2) is 0 Å². The van der Waals surface area contributed by atoms with Crippen molar-refractivity contribution in [1.29, 1.82) is 0 Å². The lowest BCUT2D eigenvalue weighted by Gasteiger charge is -2.38. The predicted molar refractivity (Wildman–Crippen MR) is 131 cm³/mol. The molecule has 37 heavy (non-hydrogen) atoms. The number of carbonyl (C=O) groups is 2. The van der Waals surface area contributed by atoms with Crippen LogP contribution in [-0.2, 0) is 11.3 Å². The second-order valence-electron chi connectivity index (χ2n) is 9.67.